The number of aliphatic hydroxyl groups is 1. The molecule has 3 heterocycles. The molecule has 2 fully saturated rings. The van der Waals surface area contributed by atoms with E-state index in [0.717, 1.165) is 74.6 Å². The molecule has 0 unspecified atom stereocenters. The van der Waals surface area contributed by atoms with Crippen LogP contribution in [-0.4, -0.2) is 66.9 Å². The second kappa shape index (κ2) is 11.5. The fourth-order valence-electron chi connectivity index (χ4n) is 7.43. The third kappa shape index (κ3) is 5.38. The van der Waals surface area contributed by atoms with E-state index in [4.69, 9.17) is 21.1 Å². The number of rotatable bonds is 0. The number of hydrogen-bond donors (Lipinski definition) is 2. The Labute approximate surface area is 251 Å². The molecular formula is C32H38ClN3O4S. The largest absolute Gasteiger partial charge is 0.490 e. The molecule has 218 valence electrons. The van der Waals surface area contributed by atoms with Gasteiger partial charge in [-0.3, -0.25) is 9.52 Å². The summed E-state index contributed by atoms with van der Waals surface area (Å²) in [4.78, 5) is 15.9. The van der Waals surface area contributed by atoms with Crippen LogP contribution in [0.25, 0.3) is 0 Å². The molecule has 0 radical (unpaired) electrons. The topological polar surface area (TPSA) is 74.3 Å². The Bertz CT molecular complexity index is 1340. The zero-order chi connectivity index (χ0) is 28.0. The minimum absolute atomic E-state index is 0.112. The predicted octanol–water partition coefficient (Wildman–Crippen LogP) is 5.15. The first kappa shape index (κ1) is 27.6. The lowest BCUT2D eigenvalue weighted by Crippen LogP contribution is -2.49. The second-order valence-corrected chi connectivity index (χ2v) is 13.6. The quantitative estimate of drug-likeness (QED) is 0.322. The van der Waals surface area contributed by atoms with Crippen LogP contribution in [-0.2, 0) is 16.6 Å². The van der Waals surface area contributed by atoms with E-state index in [1.165, 1.54) is 23.3 Å². The first-order valence-electron chi connectivity index (χ1n) is 15.0. The number of amides is 1. The van der Waals surface area contributed by atoms with Gasteiger partial charge in [0.25, 0.3) is 5.91 Å². The lowest BCUT2D eigenvalue weighted by molar-refractivity contribution is 0.0366. The summed E-state index contributed by atoms with van der Waals surface area (Å²) in [5.74, 6) is 1.29. The normalized spacial score (nSPS) is 32.8. The molecule has 1 saturated carbocycles. The van der Waals surface area contributed by atoms with Gasteiger partial charge in [0, 0.05) is 53.8 Å². The van der Waals surface area contributed by atoms with Crippen molar-refractivity contribution >= 4 is 35.3 Å². The zero-order valence-electron chi connectivity index (χ0n) is 23.3. The van der Waals surface area contributed by atoms with Crippen molar-refractivity contribution in [3.05, 3.63) is 70.3 Å². The van der Waals surface area contributed by atoms with Crippen molar-refractivity contribution in [2.75, 3.05) is 44.4 Å². The smallest absolute Gasteiger partial charge is 0.262 e. The van der Waals surface area contributed by atoms with E-state index < -0.39 is 6.10 Å². The molecule has 2 bridgehead atoms. The molecule has 2 aliphatic carbocycles. The van der Waals surface area contributed by atoms with Crippen molar-refractivity contribution < 1.29 is 19.4 Å². The van der Waals surface area contributed by atoms with Gasteiger partial charge in [-0.1, -0.05) is 29.8 Å². The molecule has 2 aromatic carbocycles. The molecule has 5 atom stereocenters. The summed E-state index contributed by atoms with van der Waals surface area (Å²) in [6, 6.07) is 12.3. The predicted molar refractivity (Wildman–Crippen MR) is 163 cm³/mol. The highest BCUT2D eigenvalue weighted by Crippen LogP contribution is 2.46. The number of ether oxygens (including phenoxy) is 2. The number of carbonyl (C=O) groups is 1. The number of nitrogens with zero attached hydrogens (tertiary/aromatic N) is 2. The third-order valence-corrected chi connectivity index (χ3v) is 11.1. The van der Waals surface area contributed by atoms with E-state index >= 15 is 0 Å². The van der Waals surface area contributed by atoms with Gasteiger partial charge in [-0.2, -0.15) is 0 Å². The molecule has 0 aromatic heterocycles. The highest BCUT2D eigenvalue weighted by molar-refractivity contribution is 7.95. The van der Waals surface area contributed by atoms with Gasteiger partial charge in [0.2, 0.25) is 0 Å². The van der Waals surface area contributed by atoms with Crippen LogP contribution >= 0.6 is 23.7 Å². The van der Waals surface area contributed by atoms with Gasteiger partial charge in [0.05, 0.1) is 31.6 Å². The maximum Gasteiger partial charge on any atom is 0.262 e. The molecule has 2 aromatic rings. The van der Waals surface area contributed by atoms with Crippen LogP contribution in [0, 0.1) is 11.8 Å². The molecule has 9 heteroatoms. The first-order chi connectivity index (χ1) is 20.0. The van der Waals surface area contributed by atoms with Crippen molar-refractivity contribution in [2.45, 2.75) is 56.1 Å². The first-order valence-corrected chi connectivity index (χ1v) is 16.1. The second-order valence-electron chi connectivity index (χ2n) is 12.3. The number of morpholine rings is 1. The van der Waals surface area contributed by atoms with E-state index in [2.05, 4.69) is 32.1 Å². The number of carbonyl (C=O) groups excluding carboxylic acids is 1. The Morgan fingerprint density at radius 3 is 2.98 bits per heavy atom. The molecule has 5 aliphatic rings. The Morgan fingerprint density at radius 1 is 1.17 bits per heavy atom. The van der Waals surface area contributed by atoms with Gasteiger partial charge >= 0.3 is 0 Å². The number of aliphatic hydroxyl groups excluding tert-OH is 1. The maximum absolute atomic E-state index is 13.4. The summed E-state index contributed by atoms with van der Waals surface area (Å²) < 4.78 is 17.6. The standard InChI is InChI=1S/C32H38ClN3O4S/c33-24-8-10-27-21(15-24)3-2-12-32(27)19-35-17-23-6-9-26(23)29(37)5-1-4-25-18-39-14-13-36(25)41-34-31(38)22-7-11-30(40-20-32)28(35)16-22/h1,5,7-8,10-11,15-16,23,25-26,29,37H,2-4,6,9,12-14,17-20H2,(H,34,38)/b5-1+/t23-,25+,26+,29-,32-/m0/s1. The van der Waals surface area contributed by atoms with Crippen LogP contribution in [0.5, 0.6) is 5.75 Å². The van der Waals surface area contributed by atoms with E-state index in [1.54, 1.807) is 0 Å². The average molecular weight is 596 g/mol. The summed E-state index contributed by atoms with van der Waals surface area (Å²) in [6.45, 7) is 4.19. The number of halogens is 1. The zero-order valence-corrected chi connectivity index (χ0v) is 24.8. The van der Waals surface area contributed by atoms with Gasteiger partial charge in [-0.25, -0.2) is 4.31 Å². The Balaban J connectivity index is 1.25. The van der Waals surface area contributed by atoms with Crippen LogP contribution < -0.4 is 14.4 Å². The SMILES string of the molecule is O=C1NSN2CCOC[C@H]2C/C=C/[C@H](O)[C@@H]2CC[C@H]2CN2C[C@@]3(CCCc4cc(Cl)ccc43)COc3ccc1cc32. The molecule has 41 heavy (non-hydrogen) atoms. The van der Waals surface area contributed by atoms with Gasteiger partial charge < -0.3 is 19.5 Å². The van der Waals surface area contributed by atoms with E-state index in [9.17, 15) is 9.90 Å². The number of fused-ring (bicyclic) bond motifs is 5. The van der Waals surface area contributed by atoms with Crippen molar-refractivity contribution in [1.29, 1.82) is 0 Å². The fourth-order valence-corrected chi connectivity index (χ4v) is 8.41. The molecular weight excluding hydrogens is 558 g/mol. The molecule has 7 rings (SSSR count). The third-order valence-electron chi connectivity index (χ3n) is 9.84. The summed E-state index contributed by atoms with van der Waals surface area (Å²) in [5, 5.41) is 12.0. The molecule has 1 spiro atoms. The molecule has 1 amide bonds. The van der Waals surface area contributed by atoms with Crippen LogP contribution in [0.3, 0.4) is 0 Å². The molecule has 7 nitrogen and oxygen atoms in total. The summed E-state index contributed by atoms with van der Waals surface area (Å²) in [7, 11) is 0. The number of aryl methyl sites for hydroxylation is 1. The monoisotopic (exact) mass is 595 g/mol. The van der Waals surface area contributed by atoms with Crippen molar-refractivity contribution in [1.82, 2.24) is 9.03 Å². The van der Waals surface area contributed by atoms with Gasteiger partial charge in [-0.15, -0.1) is 0 Å². The Kier molecular flexibility index (Phi) is 7.71. The van der Waals surface area contributed by atoms with Gasteiger partial charge in [-0.05, 0) is 91.8 Å². The maximum atomic E-state index is 13.4. The summed E-state index contributed by atoms with van der Waals surface area (Å²) >= 11 is 7.76. The van der Waals surface area contributed by atoms with E-state index in [-0.39, 0.29) is 23.3 Å². The highest BCUT2D eigenvalue weighted by Gasteiger charge is 2.44. The fraction of sp³-hybridized carbons (Fsp3) is 0.531. The van der Waals surface area contributed by atoms with Crippen LogP contribution in [0.1, 0.15) is 53.6 Å². The number of benzene rings is 2. The number of nitrogens with one attached hydrogen (secondary N) is 1. The Morgan fingerprint density at radius 2 is 2.10 bits per heavy atom. The van der Waals surface area contributed by atoms with Crippen molar-refractivity contribution in [2.24, 2.45) is 11.8 Å². The molecule has 3 aliphatic heterocycles. The lowest BCUT2D eigenvalue weighted by atomic mass is 9.68. The molecule has 2 N–H and O–H groups in total. The van der Waals surface area contributed by atoms with Gasteiger partial charge in [0.15, 0.2) is 0 Å². The number of hydrogen-bond acceptors (Lipinski definition) is 7. The summed E-state index contributed by atoms with van der Waals surface area (Å²) in [5.41, 5.74) is 4.06. The van der Waals surface area contributed by atoms with Crippen molar-refractivity contribution in [3.8, 4) is 5.75 Å². The van der Waals surface area contributed by atoms with Crippen LogP contribution in [0.15, 0.2) is 48.6 Å². The van der Waals surface area contributed by atoms with E-state index in [0.29, 0.717) is 31.3 Å². The van der Waals surface area contributed by atoms with Crippen LogP contribution in [0.2, 0.25) is 5.02 Å². The lowest BCUT2D eigenvalue weighted by Gasteiger charge is -2.45. The number of anilines is 1. The Hall–Kier alpha value is -2.23. The average Bonchev–Trinajstić information content (AvgIpc) is 3.11. The minimum atomic E-state index is -0.465. The minimum Gasteiger partial charge on any atom is -0.490 e. The van der Waals surface area contributed by atoms with E-state index in [1.807, 2.05) is 30.3 Å². The van der Waals surface area contributed by atoms with Crippen LogP contribution in [0.4, 0.5) is 5.69 Å². The molecule has 1 saturated heterocycles. The summed E-state index contributed by atoms with van der Waals surface area (Å²) in [6.07, 6.45) is 9.65. The van der Waals surface area contributed by atoms with Crippen molar-refractivity contribution in [3.63, 3.8) is 0 Å². The van der Waals surface area contributed by atoms with Gasteiger partial charge in [0.1, 0.15) is 5.75 Å². The highest BCUT2D eigenvalue weighted by atomic mass is 35.5.